The van der Waals surface area contributed by atoms with Crippen molar-refractivity contribution < 1.29 is 19.2 Å². The number of amides is 4. The second-order valence-electron chi connectivity index (χ2n) is 7.60. The number of H-pyrrole nitrogens is 3. The molecule has 0 saturated carbocycles. The number of halogens is 2. The molecule has 0 unspecified atom stereocenters. The molecule has 0 aliphatic carbocycles. The first-order chi connectivity index (χ1) is 17.5. The minimum absolute atomic E-state index is 0. The fourth-order valence-electron chi connectivity index (χ4n) is 2.94. The highest BCUT2D eigenvalue weighted by Crippen LogP contribution is 2.24. The van der Waals surface area contributed by atoms with E-state index in [9.17, 15) is 19.2 Å². The third-order valence-corrected chi connectivity index (χ3v) is 5.16. The summed E-state index contributed by atoms with van der Waals surface area (Å²) in [4.78, 5) is 56.6. The monoisotopic (exact) mass is 610 g/mol. The molecule has 202 valence electrons. The van der Waals surface area contributed by atoms with E-state index in [2.05, 4.69) is 74.1 Å². The summed E-state index contributed by atoms with van der Waals surface area (Å²) in [6.45, 7) is 6.83. The maximum absolute atomic E-state index is 13.1. The van der Waals surface area contributed by atoms with Gasteiger partial charge >= 0.3 is 0 Å². The minimum atomic E-state index is -0.757. The Kier molecular flexibility index (Phi) is 9.88. The molecule has 3 heterocycles. The number of aryl methyl sites for hydroxylation is 2. The van der Waals surface area contributed by atoms with Crippen molar-refractivity contribution in [2.75, 3.05) is 22.5 Å². The summed E-state index contributed by atoms with van der Waals surface area (Å²) in [6.07, 6.45) is 1.72. The molecule has 0 aromatic carbocycles. The molecule has 0 bridgehead atoms. The SMILES string of the molecule is C=C(Br)C(=O)Nc1n[nH]c(C(=O)Nc2c(C(=O)Nc3c(C)c[nH]c3C(=O)NCCC(=N)N)n[nH]c2C)n1.Cl. The average Bonchev–Trinajstić information content (AvgIpc) is 3.53. The standard InChI is InChI=1S/C20H23BrN12O4.ClH/c1-7-6-25-13(17(35)24-5-4-10(22)23)11(7)26-18(36)14-12(9(3)30-31-14)27-19(37)15-28-20(33-32-15)29-16(34)8(2)21;/h6,25H,2,4-5H2,1,3H3,(H3,22,23)(H,24,35)(H,26,36)(H,27,37)(H,30,31)(H2,28,29,32,33,34);1H. The lowest BCUT2D eigenvalue weighted by atomic mass is 10.2. The summed E-state index contributed by atoms with van der Waals surface area (Å²) in [5, 5.41) is 30.0. The van der Waals surface area contributed by atoms with E-state index in [0.29, 0.717) is 11.3 Å². The highest BCUT2D eigenvalue weighted by molar-refractivity contribution is 9.12. The van der Waals surface area contributed by atoms with Crippen molar-refractivity contribution in [1.82, 2.24) is 35.7 Å². The Bertz CT molecular complexity index is 1410. The smallest absolute Gasteiger partial charge is 0.293 e. The van der Waals surface area contributed by atoms with Gasteiger partial charge in [-0.05, 0) is 35.3 Å². The van der Waals surface area contributed by atoms with Gasteiger partial charge in [-0.2, -0.15) is 10.1 Å². The molecular weight excluding hydrogens is 588 g/mol. The number of rotatable bonds is 10. The van der Waals surface area contributed by atoms with E-state index in [4.69, 9.17) is 11.1 Å². The Morgan fingerprint density at radius 3 is 2.39 bits per heavy atom. The molecule has 0 saturated heterocycles. The first-order valence-corrected chi connectivity index (χ1v) is 11.3. The van der Waals surface area contributed by atoms with E-state index in [1.165, 1.54) is 0 Å². The van der Waals surface area contributed by atoms with Gasteiger partial charge in [-0.25, -0.2) is 0 Å². The first kappa shape index (κ1) is 29.7. The van der Waals surface area contributed by atoms with E-state index < -0.39 is 23.6 Å². The first-order valence-electron chi connectivity index (χ1n) is 10.5. The Morgan fingerprint density at radius 1 is 1.05 bits per heavy atom. The Morgan fingerprint density at radius 2 is 1.74 bits per heavy atom. The fraction of sp³-hybridized carbons (Fsp3) is 0.200. The number of aromatic nitrogens is 6. The van der Waals surface area contributed by atoms with Crippen LogP contribution in [0.25, 0.3) is 0 Å². The van der Waals surface area contributed by atoms with Gasteiger partial charge in [-0.15, -0.1) is 17.5 Å². The van der Waals surface area contributed by atoms with Crippen molar-refractivity contribution >= 4 is 75.1 Å². The van der Waals surface area contributed by atoms with E-state index in [1.54, 1.807) is 20.0 Å². The number of hydrogen-bond donors (Lipinski definition) is 9. The number of nitrogens with one attached hydrogen (secondary N) is 8. The number of carbonyl (C=O) groups is 4. The van der Waals surface area contributed by atoms with Gasteiger partial charge in [-0.3, -0.25) is 40.1 Å². The lowest BCUT2D eigenvalue weighted by Gasteiger charge is -2.09. The van der Waals surface area contributed by atoms with Crippen LogP contribution in [-0.4, -0.2) is 66.4 Å². The molecule has 16 nitrogen and oxygen atoms in total. The van der Waals surface area contributed by atoms with Gasteiger partial charge in [0.25, 0.3) is 23.6 Å². The molecule has 3 rings (SSSR count). The lowest BCUT2D eigenvalue weighted by Crippen LogP contribution is -2.29. The largest absolute Gasteiger partial charge is 0.388 e. The third kappa shape index (κ3) is 7.04. The van der Waals surface area contributed by atoms with E-state index >= 15 is 0 Å². The second kappa shape index (κ2) is 12.6. The maximum atomic E-state index is 13.1. The highest BCUT2D eigenvalue weighted by atomic mass is 79.9. The van der Waals surface area contributed by atoms with Crippen LogP contribution in [0.15, 0.2) is 17.3 Å². The predicted molar refractivity (Wildman–Crippen MR) is 144 cm³/mol. The summed E-state index contributed by atoms with van der Waals surface area (Å²) < 4.78 is 0.0438. The molecule has 0 atom stereocenters. The van der Waals surface area contributed by atoms with Crippen molar-refractivity contribution in [3.63, 3.8) is 0 Å². The number of anilines is 3. The van der Waals surface area contributed by atoms with Crippen molar-refractivity contribution in [1.29, 1.82) is 5.41 Å². The Balaban J connectivity index is 0.00000507. The molecule has 18 heteroatoms. The number of aromatic amines is 3. The molecule has 3 aromatic heterocycles. The number of nitrogens with zero attached hydrogens (tertiary/aromatic N) is 3. The fourth-order valence-corrected chi connectivity index (χ4v) is 3.04. The summed E-state index contributed by atoms with van der Waals surface area (Å²) in [6, 6.07) is 0. The van der Waals surface area contributed by atoms with E-state index in [1.807, 2.05) is 0 Å². The second-order valence-corrected chi connectivity index (χ2v) is 8.56. The molecule has 0 aliphatic heterocycles. The van der Waals surface area contributed by atoms with Gasteiger partial charge in [0.2, 0.25) is 11.8 Å². The van der Waals surface area contributed by atoms with Crippen LogP contribution >= 0.6 is 28.3 Å². The predicted octanol–water partition coefficient (Wildman–Crippen LogP) is 1.30. The highest BCUT2D eigenvalue weighted by Gasteiger charge is 2.25. The van der Waals surface area contributed by atoms with Gasteiger partial charge in [0, 0.05) is 19.2 Å². The van der Waals surface area contributed by atoms with Crippen LogP contribution in [0.4, 0.5) is 17.3 Å². The zero-order chi connectivity index (χ0) is 27.3. The van der Waals surface area contributed by atoms with Crippen LogP contribution in [-0.2, 0) is 4.79 Å². The van der Waals surface area contributed by atoms with Crippen molar-refractivity contribution in [3.05, 3.63) is 45.7 Å². The molecule has 0 fully saturated rings. The molecule has 38 heavy (non-hydrogen) atoms. The van der Waals surface area contributed by atoms with Crippen LogP contribution in [0.5, 0.6) is 0 Å². The van der Waals surface area contributed by atoms with Crippen LogP contribution in [0.3, 0.4) is 0 Å². The Hall–Kier alpha value is -4.51. The summed E-state index contributed by atoms with van der Waals surface area (Å²) in [5.74, 6) is -3.04. The molecule has 3 aromatic rings. The van der Waals surface area contributed by atoms with Crippen molar-refractivity contribution in [2.45, 2.75) is 20.3 Å². The summed E-state index contributed by atoms with van der Waals surface area (Å²) in [5.41, 5.74) is 6.46. The molecule has 4 amide bonds. The molecule has 10 N–H and O–H groups in total. The van der Waals surface area contributed by atoms with Gasteiger partial charge in [0.05, 0.1) is 27.4 Å². The van der Waals surface area contributed by atoms with E-state index in [-0.39, 0.29) is 70.2 Å². The molecule has 0 aliphatic rings. The Labute approximate surface area is 229 Å². The van der Waals surface area contributed by atoms with E-state index in [0.717, 1.165) is 0 Å². The summed E-state index contributed by atoms with van der Waals surface area (Å²) in [7, 11) is 0. The average molecular weight is 612 g/mol. The van der Waals surface area contributed by atoms with Gasteiger partial charge in [-0.1, -0.05) is 6.58 Å². The quantitative estimate of drug-likeness (QED) is 0.0915. The zero-order valence-electron chi connectivity index (χ0n) is 20.0. The van der Waals surface area contributed by atoms with Crippen LogP contribution < -0.4 is 27.0 Å². The number of amidine groups is 1. The van der Waals surface area contributed by atoms with Gasteiger partial charge < -0.3 is 26.7 Å². The maximum Gasteiger partial charge on any atom is 0.293 e. The normalized spacial score (nSPS) is 10.2. The molecule has 0 radical (unpaired) electrons. The van der Waals surface area contributed by atoms with Crippen LogP contribution in [0, 0.1) is 19.3 Å². The zero-order valence-corrected chi connectivity index (χ0v) is 22.4. The third-order valence-electron chi connectivity index (χ3n) is 4.80. The van der Waals surface area contributed by atoms with Gasteiger partial charge in [0.1, 0.15) is 5.69 Å². The topological polar surface area (TPSA) is 252 Å². The minimum Gasteiger partial charge on any atom is -0.388 e. The van der Waals surface area contributed by atoms with Crippen molar-refractivity contribution in [3.8, 4) is 0 Å². The van der Waals surface area contributed by atoms with Crippen LogP contribution in [0.2, 0.25) is 0 Å². The van der Waals surface area contributed by atoms with Gasteiger partial charge in [0.15, 0.2) is 5.69 Å². The number of carbonyl (C=O) groups excluding carboxylic acids is 4. The van der Waals surface area contributed by atoms with Crippen molar-refractivity contribution in [2.24, 2.45) is 5.73 Å². The molecular formula is C20H24BrClN12O4. The number of hydrogen-bond acceptors (Lipinski definition) is 8. The lowest BCUT2D eigenvalue weighted by molar-refractivity contribution is -0.112. The molecule has 0 spiro atoms. The van der Waals surface area contributed by atoms with Crippen LogP contribution in [0.1, 0.15) is 49.3 Å². The number of nitrogens with two attached hydrogens (primary N) is 1. The summed E-state index contributed by atoms with van der Waals surface area (Å²) >= 11 is 2.92.